The first-order chi connectivity index (χ1) is 10.8. The van der Waals surface area contributed by atoms with E-state index in [-0.39, 0.29) is 0 Å². The van der Waals surface area contributed by atoms with Gasteiger partial charge in [-0.3, -0.25) is 0 Å². The molecule has 0 aliphatic rings. The first-order valence-electron chi connectivity index (χ1n) is 8.08. The van der Waals surface area contributed by atoms with Gasteiger partial charge in [0.15, 0.2) is 0 Å². The largest absolute Gasteiger partial charge is 0.378 e. The van der Waals surface area contributed by atoms with Gasteiger partial charge in [-0.2, -0.15) is 0 Å². The summed E-state index contributed by atoms with van der Waals surface area (Å²) in [6.07, 6.45) is 2.17. The maximum atomic E-state index is 4.79. The number of aryl methyl sites for hydroxylation is 2. The minimum Gasteiger partial charge on any atom is -0.378 e. The number of aromatic nitrogens is 2. The molecular weight excluding hydrogens is 270 g/mol. The summed E-state index contributed by atoms with van der Waals surface area (Å²) in [6.45, 7) is 6.14. The maximum Gasteiger partial charge on any atom is 0.129 e. The minimum atomic E-state index is 0.752. The number of anilines is 1. The third-order valence-corrected chi connectivity index (χ3v) is 3.97. The van der Waals surface area contributed by atoms with E-state index >= 15 is 0 Å². The molecule has 0 saturated heterocycles. The van der Waals surface area contributed by atoms with Gasteiger partial charge >= 0.3 is 0 Å². The number of nitrogens with zero attached hydrogens (tertiary/aromatic N) is 2. The van der Waals surface area contributed by atoms with Gasteiger partial charge in [0.25, 0.3) is 0 Å². The summed E-state index contributed by atoms with van der Waals surface area (Å²) in [7, 11) is 0. The number of benzene rings is 2. The molecule has 3 rings (SSSR count). The number of hydrogen-bond acceptors (Lipinski definition) is 2. The molecule has 0 amide bonds. The molecule has 3 heteroatoms. The Bertz CT molecular complexity index is 758. The van der Waals surface area contributed by atoms with Crippen LogP contribution in [0.5, 0.6) is 0 Å². The standard InChI is InChI=1S/C19H23N3/c1-3-12-22-18-11-6-5-10-17(18)21-19(22)14-20-16-9-7-8-15(4-2)13-16/h5-11,13,20H,3-4,12,14H2,1-2H3. The lowest BCUT2D eigenvalue weighted by atomic mass is 10.1. The number of fused-ring (bicyclic) bond motifs is 1. The highest BCUT2D eigenvalue weighted by Crippen LogP contribution is 2.18. The lowest BCUT2D eigenvalue weighted by molar-refractivity contribution is 0.661. The molecule has 1 N–H and O–H groups in total. The molecule has 114 valence electrons. The van der Waals surface area contributed by atoms with Crippen molar-refractivity contribution in [3.05, 3.63) is 59.9 Å². The summed E-state index contributed by atoms with van der Waals surface area (Å²) < 4.78 is 2.33. The highest BCUT2D eigenvalue weighted by molar-refractivity contribution is 5.76. The van der Waals surface area contributed by atoms with Crippen molar-refractivity contribution >= 4 is 16.7 Å². The first-order valence-corrected chi connectivity index (χ1v) is 8.08. The Kier molecular flexibility index (Phi) is 4.42. The Hall–Kier alpha value is -2.29. The van der Waals surface area contributed by atoms with Gasteiger partial charge in [0.2, 0.25) is 0 Å². The molecule has 0 unspecified atom stereocenters. The predicted molar refractivity (Wildman–Crippen MR) is 93.2 cm³/mol. The SMILES string of the molecule is CCCn1c(CNc2cccc(CC)c2)nc2ccccc21. The van der Waals surface area contributed by atoms with Gasteiger partial charge in [-0.25, -0.2) is 4.98 Å². The van der Waals surface area contributed by atoms with Crippen LogP contribution in [0.15, 0.2) is 48.5 Å². The van der Waals surface area contributed by atoms with Gasteiger partial charge in [0.05, 0.1) is 17.6 Å². The molecular formula is C19H23N3. The van der Waals surface area contributed by atoms with Gasteiger partial charge in [-0.15, -0.1) is 0 Å². The molecule has 0 spiro atoms. The fourth-order valence-corrected chi connectivity index (χ4v) is 2.82. The second kappa shape index (κ2) is 6.65. The zero-order valence-electron chi connectivity index (χ0n) is 13.3. The van der Waals surface area contributed by atoms with Crippen LogP contribution in [0, 0.1) is 0 Å². The van der Waals surface area contributed by atoms with Crippen LogP contribution in [-0.4, -0.2) is 9.55 Å². The Labute approximate surface area is 132 Å². The molecule has 22 heavy (non-hydrogen) atoms. The van der Waals surface area contributed by atoms with Crippen molar-refractivity contribution in [3.63, 3.8) is 0 Å². The number of rotatable bonds is 6. The summed E-state index contributed by atoms with van der Waals surface area (Å²) in [5.41, 5.74) is 4.82. The van der Waals surface area contributed by atoms with E-state index in [4.69, 9.17) is 4.98 Å². The van der Waals surface area contributed by atoms with E-state index in [0.29, 0.717) is 0 Å². The van der Waals surface area contributed by atoms with Crippen LogP contribution in [0.3, 0.4) is 0 Å². The molecule has 0 aliphatic heterocycles. The van der Waals surface area contributed by atoms with Crippen LogP contribution in [0.25, 0.3) is 11.0 Å². The average molecular weight is 293 g/mol. The topological polar surface area (TPSA) is 29.9 Å². The summed E-state index contributed by atoms with van der Waals surface area (Å²) in [6, 6.07) is 17.0. The van der Waals surface area contributed by atoms with Crippen LogP contribution in [-0.2, 0) is 19.5 Å². The minimum absolute atomic E-state index is 0.752. The molecule has 0 atom stereocenters. The second-order valence-electron chi connectivity index (χ2n) is 5.58. The highest BCUT2D eigenvalue weighted by atomic mass is 15.1. The fourth-order valence-electron chi connectivity index (χ4n) is 2.82. The summed E-state index contributed by atoms with van der Waals surface area (Å²) in [4.78, 5) is 4.79. The highest BCUT2D eigenvalue weighted by Gasteiger charge is 2.09. The Morgan fingerprint density at radius 2 is 1.91 bits per heavy atom. The number of nitrogens with one attached hydrogen (secondary N) is 1. The van der Waals surface area contributed by atoms with E-state index < -0.39 is 0 Å². The van der Waals surface area contributed by atoms with E-state index in [2.05, 4.69) is 66.2 Å². The van der Waals surface area contributed by atoms with Gasteiger partial charge < -0.3 is 9.88 Å². The zero-order valence-corrected chi connectivity index (χ0v) is 13.3. The summed E-state index contributed by atoms with van der Waals surface area (Å²) in [5, 5.41) is 3.51. The molecule has 1 aromatic heterocycles. The Morgan fingerprint density at radius 1 is 1.05 bits per heavy atom. The van der Waals surface area contributed by atoms with Crippen LogP contribution in [0.2, 0.25) is 0 Å². The van der Waals surface area contributed by atoms with Crippen LogP contribution in [0.4, 0.5) is 5.69 Å². The predicted octanol–water partition coefficient (Wildman–Crippen LogP) is 4.62. The number of para-hydroxylation sites is 2. The fraction of sp³-hybridized carbons (Fsp3) is 0.316. The monoisotopic (exact) mass is 293 g/mol. The Morgan fingerprint density at radius 3 is 2.73 bits per heavy atom. The molecule has 0 fully saturated rings. The number of imidazole rings is 1. The molecule has 2 aromatic carbocycles. The average Bonchev–Trinajstić information content (AvgIpc) is 2.91. The van der Waals surface area contributed by atoms with Crippen molar-refractivity contribution in [1.82, 2.24) is 9.55 Å². The first kappa shape index (κ1) is 14.6. The molecule has 3 aromatic rings. The Balaban J connectivity index is 1.85. The van der Waals surface area contributed by atoms with Crippen molar-refractivity contribution in [1.29, 1.82) is 0 Å². The summed E-state index contributed by atoms with van der Waals surface area (Å²) in [5.74, 6) is 1.10. The summed E-state index contributed by atoms with van der Waals surface area (Å²) >= 11 is 0. The molecule has 0 saturated carbocycles. The second-order valence-corrected chi connectivity index (χ2v) is 5.58. The van der Waals surface area contributed by atoms with Crippen molar-refractivity contribution in [2.75, 3.05) is 5.32 Å². The van der Waals surface area contributed by atoms with Crippen LogP contribution >= 0.6 is 0 Å². The van der Waals surface area contributed by atoms with E-state index in [9.17, 15) is 0 Å². The molecule has 0 aliphatic carbocycles. The quantitative estimate of drug-likeness (QED) is 0.718. The van der Waals surface area contributed by atoms with E-state index in [1.54, 1.807) is 0 Å². The molecule has 3 nitrogen and oxygen atoms in total. The van der Waals surface area contributed by atoms with Crippen LogP contribution < -0.4 is 5.32 Å². The van der Waals surface area contributed by atoms with Gasteiger partial charge in [0.1, 0.15) is 5.82 Å². The van der Waals surface area contributed by atoms with Crippen molar-refractivity contribution in [3.8, 4) is 0 Å². The van der Waals surface area contributed by atoms with Crippen molar-refractivity contribution in [2.24, 2.45) is 0 Å². The molecule has 0 radical (unpaired) electrons. The smallest absolute Gasteiger partial charge is 0.129 e. The molecule has 0 bridgehead atoms. The van der Waals surface area contributed by atoms with Crippen LogP contribution in [0.1, 0.15) is 31.7 Å². The van der Waals surface area contributed by atoms with E-state index in [1.165, 1.54) is 11.1 Å². The van der Waals surface area contributed by atoms with E-state index in [0.717, 1.165) is 43.0 Å². The van der Waals surface area contributed by atoms with Gasteiger partial charge in [-0.1, -0.05) is 38.1 Å². The zero-order chi connectivity index (χ0) is 15.4. The van der Waals surface area contributed by atoms with Crippen molar-refractivity contribution < 1.29 is 0 Å². The maximum absolute atomic E-state index is 4.79. The normalized spacial score (nSPS) is 11.0. The van der Waals surface area contributed by atoms with Gasteiger partial charge in [-0.05, 0) is 42.7 Å². The lowest BCUT2D eigenvalue weighted by Gasteiger charge is -2.10. The number of hydrogen-bond donors (Lipinski definition) is 1. The third-order valence-electron chi connectivity index (χ3n) is 3.97. The lowest BCUT2D eigenvalue weighted by Crippen LogP contribution is -2.09. The third kappa shape index (κ3) is 2.98. The van der Waals surface area contributed by atoms with Crippen molar-refractivity contribution in [2.45, 2.75) is 39.8 Å². The molecule has 1 heterocycles. The van der Waals surface area contributed by atoms with E-state index in [1.807, 2.05) is 6.07 Å². The van der Waals surface area contributed by atoms with Gasteiger partial charge in [0, 0.05) is 12.2 Å².